The van der Waals surface area contributed by atoms with Gasteiger partial charge in [0.05, 0.1) is 43.3 Å². The fourth-order valence-electron chi connectivity index (χ4n) is 6.24. The lowest BCUT2D eigenvalue weighted by molar-refractivity contribution is -0.149. The van der Waals surface area contributed by atoms with E-state index in [9.17, 15) is 19.5 Å². The van der Waals surface area contributed by atoms with Crippen LogP contribution < -0.4 is 10.6 Å². The SMILES string of the molecule is CCCNC(=O)[C@H]1[C@H]2C(=O)N([C@H](C)CO)C(C(=O)NCCN3CCOCC3)C23CC[C@]1(C)O3. The van der Waals surface area contributed by atoms with Crippen molar-refractivity contribution in [2.75, 3.05) is 52.5 Å². The van der Waals surface area contributed by atoms with Gasteiger partial charge in [0.15, 0.2) is 0 Å². The number of fused-ring (bicyclic) bond motifs is 1. The highest BCUT2D eigenvalue weighted by Crippen LogP contribution is 2.63. The second-order valence-corrected chi connectivity index (χ2v) is 10.0. The number of aliphatic hydroxyl groups is 1. The van der Waals surface area contributed by atoms with Crippen molar-refractivity contribution in [1.29, 1.82) is 0 Å². The standard InChI is InChI=1S/C23H38N4O6/c1-4-7-24-19(29)16-17-21(31)27(15(2)14-28)18(23(17)6-5-22(16,3)33-23)20(30)25-8-9-26-10-12-32-13-11-26/h15-18,28H,4-14H2,1-3H3,(H,24,29)(H,25,30)/t15-,16-,17+,18?,22+,23?/m1/s1. The quantitative estimate of drug-likeness (QED) is 0.403. The number of carbonyl (C=O) groups excluding carboxylic acids is 3. The van der Waals surface area contributed by atoms with Gasteiger partial charge in [-0.1, -0.05) is 6.92 Å². The van der Waals surface area contributed by atoms with E-state index in [0.717, 1.165) is 19.5 Å². The maximum absolute atomic E-state index is 13.7. The maximum Gasteiger partial charge on any atom is 0.245 e. The van der Waals surface area contributed by atoms with Gasteiger partial charge in [0.2, 0.25) is 17.7 Å². The number of aliphatic hydroxyl groups excluding tert-OH is 1. The van der Waals surface area contributed by atoms with Crippen LogP contribution in [0.15, 0.2) is 0 Å². The van der Waals surface area contributed by atoms with Gasteiger partial charge in [-0.25, -0.2) is 0 Å². The largest absolute Gasteiger partial charge is 0.394 e. The van der Waals surface area contributed by atoms with Crippen molar-refractivity contribution < 1.29 is 29.0 Å². The third-order valence-electron chi connectivity index (χ3n) is 7.86. The van der Waals surface area contributed by atoms with Gasteiger partial charge in [-0.15, -0.1) is 0 Å². The number of rotatable bonds is 9. The van der Waals surface area contributed by atoms with Gasteiger partial charge in [0.25, 0.3) is 0 Å². The molecule has 4 rings (SSSR count). The van der Waals surface area contributed by atoms with Crippen molar-refractivity contribution in [2.45, 2.75) is 63.3 Å². The molecule has 2 unspecified atom stereocenters. The first-order chi connectivity index (χ1) is 15.8. The predicted octanol–water partition coefficient (Wildman–Crippen LogP) is -0.893. The first kappa shape index (κ1) is 24.4. The summed E-state index contributed by atoms with van der Waals surface area (Å²) in [5.41, 5.74) is -1.83. The van der Waals surface area contributed by atoms with E-state index in [0.29, 0.717) is 45.7 Å². The minimum absolute atomic E-state index is 0.191. The van der Waals surface area contributed by atoms with Crippen LogP contribution in [-0.2, 0) is 23.9 Å². The second kappa shape index (κ2) is 9.48. The molecular formula is C23H38N4O6. The van der Waals surface area contributed by atoms with Crippen LogP contribution in [0.4, 0.5) is 0 Å². The van der Waals surface area contributed by atoms with E-state index >= 15 is 0 Å². The molecule has 33 heavy (non-hydrogen) atoms. The number of morpholine rings is 1. The Morgan fingerprint density at radius 1 is 1.18 bits per heavy atom. The summed E-state index contributed by atoms with van der Waals surface area (Å²) >= 11 is 0. The summed E-state index contributed by atoms with van der Waals surface area (Å²) in [6.45, 7) is 10.0. The molecule has 0 aromatic rings. The van der Waals surface area contributed by atoms with E-state index in [1.165, 1.54) is 4.90 Å². The van der Waals surface area contributed by atoms with E-state index in [1.807, 2.05) is 13.8 Å². The fraction of sp³-hybridized carbons (Fsp3) is 0.870. The maximum atomic E-state index is 13.7. The van der Waals surface area contributed by atoms with Crippen molar-refractivity contribution in [3.63, 3.8) is 0 Å². The monoisotopic (exact) mass is 466 g/mol. The molecule has 186 valence electrons. The minimum Gasteiger partial charge on any atom is -0.394 e. The highest BCUT2D eigenvalue weighted by Gasteiger charge is 2.78. The van der Waals surface area contributed by atoms with Crippen LogP contribution >= 0.6 is 0 Å². The van der Waals surface area contributed by atoms with Gasteiger partial charge in [0, 0.05) is 32.7 Å². The molecule has 4 aliphatic rings. The molecular weight excluding hydrogens is 428 g/mol. The predicted molar refractivity (Wildman–Crippen MR) is 119 cm³/mol. The Kier molecular flexibility index (Phi) is 7.00. The van der Waals surface area contributed by atoms with E-state index in [4.69, 9.17) is 9.47 Å². The van der Waals surface area contributed by atoms with Gasteiger partial charge in [0.1, 0.15) is 11.6 Å². The Labute approximate surface area is 195 Å². The van der Waals surface area contributed by atoms with Crippen LogP contribution in [-0.4, -0.2) is 108 Å². The van der Waals surface area contributed by atoms with Crippen LogP contribution in [0.5, 0.6) is 0 Å². The lowest BCUT2D eigenvalue weighted by Crippen LogP contribution is -2.58. The first-order valence-corrected chi connectivity index (χ1v) is 12.3. The summed E-state index contributed by atoms with van der Waals surface area (Å²) in [7, 11) is 0. The summed E-state index contributed by atoms with van der Waals surface area (Å²) in [6, 6.07) is -1.42. The molecule has 10 nitrogen and oxygen atoms in total. The number of nitrogens with one attached hydrogen (secondary N) is 2. The number of hydrogen-bond acceptors (Lipinski definition) is 7. The molecule has 1 spiro atoms. The number of ether oxygens (including phenoxy) is 2. The average Bonchev–Trinajstić information content (AvgIpc) is 3.38. The summed E-state index contributed by atoms with van der Waals surface area (Å²) in [6.07, 6.45) is 1.94. The Morgan fingerprint density at radius 2 is 1.88 bits per heavy atom. The molecule has 0 aliphatic carbocycles. The molecule has 2 bridgehead atoms. The molecule has 4 fully saturated rings. The zero-order valence-corrected chi connectivity index (χ0v) is 20.0. The van der Waals surface area contributed by atoms with Crippen molar-refractivity contribution in [2.24, 2.45) is 11.8 Å². The van der Waals surface area contributed by atoms with Gasteiger partial charge in [-0.2, -0.15) is 0 Å². The second-order valence-electron chi connectivity index (χ2n) is 10.0. The van der Waals surface area contributed by atoms with Gasteiger partial charge in [-0.3, -0.25) is 19.3 Å². The third-order valence-corrected chi connectivity index (χ3v) is 7.86. The number of hydrogen-bond donors (Lipinski definition) is 3. The van der Waals surface area contributed by atoms with E-state index < -0.39 is 35.1 Å². The van der Waals surface area contributed by atoms with E-state index in [-0.39, 0.29) is 24.3 Å². The Balaban J connectivity index is 1.57. The summed E-state index contributed by atoms with van der Waals surface area (Å²) in [5.74, 6) is -2.12. The average molecular weight is 467 g/mol. The van der Waals surface area contributed by atoms with Crippen LogP contribution in [0.2, 0.25) is 0 Å². The van der Waals surface area contributed by atoms with Gasteiger partial charge in [-0.05, 0) is 33.1 Å². The number of nitrogens with zero attached hydrogens (tertiary/aromatic N) is 2. The van der Waals surface area contributed by atoms with Crippen molar-refractivity contribution >= 4 is 17.7 Å². The van der Waals surface area contributed by atoms with Crippen LogP contribution in [0.3, 0.4) is 0 Å². The Bertz CT molecular complexity index is 774. The summed E-state index contributed by atoms with van der Waals surface area (Å²) in [4.78, 5) is 44.0. The number of carbonyl (C=O) groups is 3. The molecule has 0 aromatic heterocycles. The lowest BCUT2D eigenvalue weighted by atomic mass is 9.66. The van der Waals surface area contributed by atoms with Crippen LogP contribution in [0, 0.1) is 11.8 Å². The van der Waals surface area contributed by atoms with E-state index in [1.54, 1.807) is 6.92 Å². The Morgan fingerprint density at radius 3 is 2.55 bits per heavy atom. The molecule has 6 atom stereocenters. The molecule has 3 N–H and O–H groups in total. The molecule has 10 heteroatoms. The van der Waals surface area contributed by atoms with Crippen molar-refractivity contribution in [1.82, 2.24) is 20.4 Å². The molecule has 0 radical (unpaired) electrons. The molecule has 3 amide bonds. The van der Waals surface area contributed by atoms with Crippen molar-refractivity contribution in [3.8, 4) is 0 Å². The van der Waals surface area contributed by atoms with Crippen molar-refractivity contribution in [3.05, 3.63) is 0 Å². The molecule has 4 aliphatic heterocycles. The zero-order chi connectivity index (χ0) is 23.8. The number of amides is 3. The molecule has 0 saturated carbocycles. The third kappa shape index (κ3) is 4.05. The van der Waals surface area contributed by atoms with Gasteiger partial charge >= 0.3 is 0 Å². The lowest BCUT2D eigenvalue weighted by Gasteiger charge is -2.36. The smallest absolute Gasteiger partial charge is 0.245 e. The number of likely N-dealkylation sites (tertiary alicyclic amines) is 1. The normalized spacial score (nSPS) is 36.7. The highest BCUT2D eigenvalue weighted by atomic mass is 16.5. The minimum atomic E-state index is -1.05. The van der Waals surface area contributed by atoms with Gasteiger partial charge < -0.3 is 30.1 Å². The molecule has 4 saturated heterocycles. The topological polar surface area (TPSA) is 120 Å². The zero-order valence-electron chi connectivity index (χ0n) is 20.0. The molecule has 0 aromatic carbocycles. The fourth-order valence-corrected chi connectivity index (χ4v) is 6.24. The molecule has 4 heterocycles. The summed E-state index contributed by atoms with van der Waals surface area (Å²) < 4.78 is 11.9. The van der Waals surface area contributed by atoms with E-state index in [2.05, 4.69) is 15.5 Å². The first-order valence-electron chi connectivity index (χ1n) is 12.3. The van der Waals surface area contributed by atoms with Crippen LogP contribution in [0.25, 0.3) is 0 Å². The Hall–Kier alpha value is -1.75. The highest BCUT2D eigenvalue weighted by molar-refractivity contribution is 5.99. The summed E-state index contributed by atoms with van der Waals surface area (Å²) in [5, 5.41) is 15.8. The van der Waals surface area contributed by atoms with Crippen LogP contribution in [0.1, 0.15) is 40.0 Å².